The second-order valence-corrected chi connectivity index (χ2v) is 4.49. The van der Waals surface area contributed by atoms with Crippen LogP contribution in [0.4, 0.5) is 0 Å². The van der Waals surface area contributed by atoms with E-state index in [1.807, 2.05) is 13.8 Å². The van der Waals surface area contributed by atoms with Crippen molar-refractivity contribution >= 4 is 11.8 Å². The molecule has 0 bridgehead atoms. The fourth-order valence-corrected chi connectivity index (χ4v) is 1.57. The third-order valence-corrected chi connectivity index (χ3v) is 2.25. The van der Waals surface area contributed by atoms with Crippen LogP contribution in [0.1, 0.15) is 24.2 Å². The molecule has 0 radical (unpaired) electrons. The van der Waals surface area contributed by atoms with Gasteiger partial charge in [-0.25, -0.2) is 0 Å². The molecule has 6 nitrogen and oxygen atoms in total. The molecule has 0 saturated heterocycles. The first-order chi connectivity index (χ1) is 8.40. The highest BCUT2D eigenvalue weighted by Crippen LogP contribution is 2.05. The molecular weight excluding hydrogens is 234 g/mol. The average Bonchev–Trinajstić information content (AvgIpc) is 2.27. The minimum absolute atomic E-state index is 0.129. The van der Waals surface area contributed by atoms with E-state index in [-0.39, 0.29) is 23.9 Å². The van der Waals surface area contributed by atoms with E-state index in [0.717, 1.165) is 0 Å². The lowest BCUT2D eigenvalue weighted by molar-refractivity contribution is -0.118. The Bertz CT molecular complexity index is 473. The van der Waals surface area contributed by atoms with Crippen molar-refractivity contribution in [2.24, 2.45) is 11.7 Å². The molecule has 0 aromatic carbocycles. The van der Waals surface area contributed by atoms with E-state index in [9.17, 15) is 14.4 Å². The number of pyridine rings is 1. The van der Waals surface area contributed by atoms with Gasteiger partial charge in [0.25, 0.3) is 5.91 Å². The molecule has 0 aliphatic carbocycles. The highest BCUT2D eigenvalue weighted by molar-refractivity contribution is 5.96. The maximum absolute atomic E-state index is 12.1. The van der Waals surface area contributed by atoms with Crippen LogP contribution < -0.4 is 11.3 Å². The number of nitrogens with zero attached hydrogens (tertiary/aromatic N) is 1. The standard InChI is InChI=1S/C12H17N3O3/c1-8(2)6-15(7-10(13)16)12(18)9-3-4-11(17)14-5-9/h3-5,8H,6-7H2,1-2H3,(H2,13,16)(H,14,17). The maximum atomic E-state index is 12.1. The van der Waals surface area contributed by atoms with Gasteiger partial charge in [-0.1, -0.05) is 13.8 Å². The lowest BCUT2D eigenvalue weighted by Crippen LogP contribution is -2.40. The summed E-state index contributed by atoms with van der Waals surface area (Å²) in [5.74, 6) is -0.664. The topological polar surface area (TPSA) is 96.3 Å². The van der Waals surface area contributed by atoms with Crippen LogP contribution in [-0.2, 0) is 4.79 Å². The number of hydrogen-bond acceptors (Lipinski definition) is 3. The summed E-state index contributed by atoms with van der Waals surface area (Å²) in [5.41, 5.74) is 5.17. The van der Waals surface area contributed by atoms with Crippen molar-refractivity contribution in [1.29, 1.82) is 0 Å². The Balaban J connectivity index is 2.90. The van der Waals surface area contributed by atoms with Crippen LogP contribution in [0.15, 0.2) is 23.1 Å². The Kier molecular flexibility index (Phi) is 4.65. The fourth-order valence-electron chi connectivity index (χ4n) is 1.57. The lowest BCUT2D eigenvalue weighted by atomic mass is 10.1. The lowest BCUT2D eigenvalue weighted by Gasteiger charge is -2.23. The van der Waals surface area contributed by atoms with Gasteiger partial charge >= 0.3 is 0 Å². The number of hydrogen-bond donors (Lipinski definition) is 2. The maximum Gasteiger partial charge on any atom is 0.255 e. The summed E-state index contributed by atoms with van der Waals surface area (Å²) in [6.45, 7) is 4.18. The molecule has 1 heterocycles. The number of primary amides is 1. The Hall–Kier alpha value is -2.11. The Morgan fingerprint density at radius 1 is 1.39 bits per heavy atom. The van der Waals surface area contributed by atoms with Crippen molar-refractivity contribution in [3.05, 3.63) is 34.2 Å². The third kappa shape index (κ3) is 4.04. The van der Waals surface area contributed by atoms with E-state index >= 15 is 0 Å². The van der Waals surface area contributed by atoms with Crippen LogP contribution in [0.3, 0.4) is 0 Å². The smallest absolute Gasteiger partial charge is 0.255 e. The molecule has 2 amide bonds. The quantitative estimate of drug-likeness (QED) is 0.768. The molecule has 1 rings (SSSR count). The van der Waals surface area contributed by atoms with Gasteiger partial charge in [0, 0.05) is 18.8 Å². The summed E-state index contributed by atoms with van der Waals surface area (Å²) in [6, 6.07) is 2.69. The number of nitrogens with one attached hydrogen (secondary N) is 1. The first-order valence-electron chi connectivity index (χ1n) is 5.66. The highest BCUT2D eigenvalue weighted by Gasteiger charge is 2.18. The molecule has 6 heteroatoms. The van der Waals surface area contributed by atoms with Crippen molar-refractivity contribution in [2.45, 2.75) is 13.8 Å². The van der Waals surface area contributed by atoms with Gasteiger partial charge in [0.15, 0.2) is 0 Å². The first-order valence-corrected chi connectivity index (χ1v) is 5.66. The predicted octanol–water partition coefficient (Wildman–Crippen LogP) is -0.0416. The molecular formula is C12H17N3O3. The van der Waals surface area contributed by atoms with Crippen LogP contribution in [0.2, 0.25) is 0 Å². The van der Waals surface area contributed by atoms with Crippen LogP contribution in [-0.4, -0.2) is 34.8 Å². The Morgan fingerprint density at radius 2 is 2.06 bits per heavy atom. The van der Waals surface area contributed by atoms with Crippen molar-refractivity contribution in [3.63, 3.8) is 0 Å². The zero-order valence-corrected chi connectivity index (χ0v) is 10.5. The number of carbonyl (C=O) groups is 2. The number of amides is 2. The zero-order chi connectivity index (χ0) is 13.7. The monoisotopic (exact) mass is 251 g/mol. The molecule has 0 fully saturated rings. The third-order valence-electron chi connectivity index (χ3n) is 2.25. The average molecular weight is 251 g/mol. The van der Waals surface area contributed by atoms with Crippen molar-refractivity contribution in [3.8, 4) is 0 Å². The summed E-state index contributed by atoms with van der Waals surface area (Å²) < 4.78 is 0. The second kappa shape index (κ2) is 6.00. The fraction of sp³-hybridized carbons (Fsp3) is 0.417. The number of H-pyrrole nitrogens is 1. The molecule has 1 aromatic rings. The molecule has 0 aliphatic heterocycles. The number of carbonyl (C=O) groups excluding carboxylic acids is 2. The van der Waals surface area contributed by atoms with Crippen molar-refractivity contribution in [1.82, 2.24) is 9.88 Å². The molecule has 0 aliphatic rings. The largest absolute Gasteiger partial charge is 0.368 e. The molecule has 18 heavy (non-hydrogen) atoms. The van der Waals surface area contributed by atoms with Gasteiger partial charge in [-0.2, -0.15) is 0 Å². The predicted molar refractivity (Wildman–Crippen MR) is 67.0 cm³/mol. The molecule has 1 aromatic heterocycles. The molecule has 3 N–H and O–H groups in total. The van der Waals surface area contributed by atoms with Gasteiger partial charge in [-0.15, -0.1) is 0 Å². The van der Waals surface area contributed by atoms with E-state index in [1.165, 1.54) is 23.2 Å². The molecule has 0 unspecified atom stereocenters. The number of rotatable bonds is 5. The van der Waals surface area contributed by atoms with E-state index in [1.54, 1.807) is 0 Å². The van der Waals surface area contributed by atoms with Gasteiger partial charge in [-0.3, -0.25) is 14.4 Å². The Morgan fingerprint density at radius 3 is 2.50 bits per heavy atom. The summed E-state index contributed by atoms with van der Waals surface area (Å²) in [6.07, 6.45) is 1.33. The molecule has 0 atom stereocenters. The van der Waals surface area contributed by atoms with Crippen LogP contribution >= 0.6 is 0 Å². The minimum atomic E-state index is -0.562. The Labute approximate surface area is 105 Å². The summed E-state index contributed by atoms with van der Waals surface area (Å²) in [7, 11) is 0. The summed E-state index contributed by atoms with van der Waals surface area (Å²) >= 11 is 0. The van der Waals surface area contributed by atoms with Crippen molar-refractivity contribution in [2.75, 3.05) is 13.1 Å². The van der Waals surface area contributed by atoms with E-state index in [0.29, 0.717) is 12.1 Å². The van der Waals surface area contributed by atoms with Crippen molar-refractivity contribution < 1.29 is 9.59 Å². The second-order valence-electron chi connectivity index (χ2n) is 4.49. The van der Waals surface area contributed by atoms with Gasteiger partial charge < -0.3 is 15.6 Å². The van der Waals surface area contributed by atoms with E-state index in [4.69, 9.17) is 5.73 Å². The van der Waals surface area contributed by atoms with Crippen LogP contribution in [0.25, 0.3) is 0 Å². The number of aromatic nitrogens is 1. The zero-order valence-electron chi connectivity index (χ0n) is 10.5. The minimum Gasteiger partial charge on any atom is -0.368 e. The van der Waals surface area contributed by atoms with Gasteiger partial charge in [-0.05, 0) is 12.0 Å². The number of aromatic amines is 1. The van der Waals surface area contributed by atoms with Crippen LogP contribution in [0, 0.1) is 5.92 Å². The molecule has 0 saturated carbocycles. The highest BCUT2D eigenvalue weighted by atomic mass is 16.2. The SMILES string of the molecule is CC(C)CN(CC(N)=O)C(=O)c1ccc(=O)[nH]c1. The van der Waals surface area contributed by atoms with Crippen LogP contribution in [0.5, 0.6) is 0 Å². The van der Waals surface area contributed by atoms with Gasteiger partial charge in [0.2, 0.25) is 11.5 Å². The first kappa shape index (κ1) is 14.0. The molecule has 98 valence electrons. The molecule has 0 spiro atoms. The summed E-state index contributed by atoms with van der Waals surface area (Å²) in [4.78, 5) is 37.8. The van der Waals surface area contributed by atoms with E-state index < -0.39 is 5.91 Å². The normalized spacial score (nSPS) is 10.4. The van der Waals surface area contributed by atoms with E-state index in [2.05, 4.69) is 4.98 Å². The number of nitrogens with two attached hydrogens (primary N) is 1. The van der Waals surface area contributed by atoms with Gasteiger partial charge in [0.05, 0.1) is 12.1 Å². The van der Waals surface area contributed by atoms with Gasteiger partial charge in [0.1, 0.15) is 0 Å². The summed E-state index contributed by atoms with van der Waals surface area (Å²) in [5, 5.41) is 0.